The van der Waals surface area contributed by atoms with E-state index in [0.717, 1.165) is 0 Å². The minimum absolute atomic E-state index is 0.0267. The Morgan fingerprint density at radius 3 is 2.53 bits per heavy atom. The number of nitrogens with zero attached hydrogens (tertiary/aromatic N) is 1. The summed E-state index contributed by atoms with van der Waals surface area (Å²) in [6.07, 6.45) is -0.0267. The molecule has 0 radical (unpaired) electrons. The molecule has 1 atom stereocenters. The fourth-order valence-electron chi connectivity index (χ4n) is 1.56. The molecule has 0 aliphatic heterocycles. The first-order valence-corrected chi connectivity index (χ1v) is 7.64. The third-order valence-electron chi connectivity index (χ3n) is 2.59. The first-order valence-electron chi connectivity index (χ1n) is 5.98. The van der Waals surface area contributed by atoms with Gasteiger partial charge in [-0.25, -0.2) is 8.42 Å². The second-order valence-electron chi connectivity index (χ2n) is 4.19. The van der Waals surface area contributed by atoms with E-state index in [0.29, 0.717) is 12.1 Å². The van der Waals surface area contributed by atoms with Crippen LogP contribution in [0, 0.1) is 11.3 Å². The van der Waals surface area contributed by atoms with E-state index in [-0.39, 0.29) is 23.4 Å². The van der Waals surface area contributed by atoms with Crippen molar-refractivity contribution in [2.24, 2.45) is 0 Å². The molecule has 0 heterocycles. The molecular formula is C13H18N2O3S. The average Bonchev–Trinajstić information content (AvgIpc) is 2.39. The zero-order valence-electron chi connectivity index (χ0n) is 11.1. The van der Waals surface area contributed by atoms with Crippen LogP contribution in [0.4, 0.5) is 0 Å². The summed E-state index contributed by atoms with van der Waals surface area (Å²) in [5.74, 6) is -0.0625. The van der Waals surface area contributed by atoms with E-state index < -0.39 is 9.84 Å². The Balaban J connectivity index is 2.58. The summed E-state index contributed by atoms with van der Waals surface area (Å²) in [4.78, 5) is 0.219. The molecule has 19 heavy (non-hydrogen) atoms. The minimum atomic E-state index is -3.35. The van der Waals surface area contributed by atoms with Crippen molar-refractivity contribution >= 4 is 9.84 Å². The molecule has 6 heteroatoms. The van der Waals surface area contributed by atoms with Gasteiger partial charge in [-0.1, -0.05) is 0 Å². The van der Waals surface area contributed by atoms with Crippen molar-refractivity contribution in [2.45, 2.75) is 17.9 Å². The van der Waals surface area contributed by atoms with Crippen LogP contribution >= 0.6 is 0 Å². The third kappa shape index (κ3) is 4.99. The largest absolute Gasteiger partial charge is 0.376 e. The van der Waals surface area contributed by atoms with Crippen LogP contribution in [0.15, 0.2) is 29.2 Å². The van der Waals surface area contributed by atoms with Crippen LogP contribution in [0.5, 0.6) is 0 Å². The van der Waals surface area contributed by atoms with E-state index >= 15 is 0 Å². The number of nitrogens with one attached hydrogen (secondary N) is 1. The number of ether oxygens (including phenoxy) is 1. The van der Waals surface area contributed by atoms with Gasteiger partial charge in [0.2, 0.25) is 0 Å². The molecule has 0 bridgehead atoms. The predicted octanol–water partition coefficient (Wildman–Crippen LogP) is 0.956. The number of hydrogen-bond donors (Lipinski definition) is 1. The van der Waals surface area contributed by atoms with Crippen LogP contribution in [0.2, 0.25) is 0 Å². The molecular weight excluding hydrogens is 264 g/mol. The maximum absolute atomic E-state index is 12.0. The number of benzene rings is 1. The molecule has 0 aromatic heterocycles. The normalized spacial score (nSPS) is 12.9. The standard InChI is InChI=1S/C13H18N2O3S/c1-11(10-15-2)18-7-8-19(16,17)13-5-3-12(9-14)4-6-13/h3-6,11,15H,7-8,10H2,1-2H3. The fraction of sp³-hybridized carbons (Fsp3) is 0.462. The topological polar surface area (TPSA) is 79.2 Å². The van der Waals surface area contributed by atoms with Gasteiger partial charge in [0.15, 0.2) is 9.84 Å². The van der Waals surface area contributed by atoms with E-state index in [9.17, 15) is 8.42 Å². The quantitative estimate of drug-likeness (QED) is 0.805. The van der Waals surface area contributed by atoms with Crippen molar-refractivity contribution in [3.05, 3.63) is 29.8 Å². The van der Waals surface area contributed by atoms with E-state index in [4.69, 9.17) is 10.00 Å². The highest BCUT2D eigenvalue weighted by molar-refractivity contribution is 7.91. The molecule has 104 valence electrons. The lowest BCUT2D eigenvalue weighted by atomic mass is 10.2. The summed E-state index contributed by atoms with van der Waals surface area (Å²) in [5, 5.41) is 11.6. The van der Waals surface area contributed by atoms with Gasteiger partial charge in [-0.15, -0.1) is 0 Å². The number of rotatable bonds is 7. The maximum Gasteiger partial charge on any atom is 0.180 e. The van der Waals surface area contributed by atoms with Crippen molar-refractivity contribution in [3.8, 4) is 6.07 Å². The van der Waals surface area contributed by atoms with Crippen molar-refractivity contribution in [3.63, 3.8) is 0 Å². The number of hydrogen-bond acceptors (Lipinski definition) is 5. The molecule has 0 fully saturated rings. The zero-order valence-corrected chi connectivity index (χ0v) is 11.9. The molecule has 0 amide bonds. The highest BCUT2D eigenvalue weighted by Crippen LogP contribution is 2.12. The van der Waals surface area contributed by atoms with Crippen molar-refractivity contribution in [2.75, 3.05) is 26.0 Å². The number of sulfone groups is 1. The Morgan fingerprint density at radius 2 is 2.00 bits per heavy atom. The molecule has 1 N–H and O–H groups in total. The smallest absolute Gasteiger partial charge is 0.180 e. The first-order chi connectivity index (χ1) is 8.99. The van der Waals surface area contributed by atoms with Gasteiger partial charge in [0.05, 0.1) is 35.0 Å². The van der Waals surface area contributed by atoms with Gasteiger partial charge < -0.3 is 10.1 Å². The second-order valence-corrected chi connectivity index (χ2v) is 6.30. The van der Waals surface area contributed by atoms with Crippen molar-refractivity contribution < 1.29 is 13.2 Å². The summed E-state index contributed by atoms with van der Waals surface area (Å²) < 4.78 is 29.4. The zero-order chi connectivity index (χ0) is 14.3. The lowest BCUT2D eigenvalue weighted by molar-refractivity contribution is 0.0789. The molecule has 5 nitrogen and oxygen atoms in total. The molecule has 1 aromatic carbocycles. The Hall–Kier alpha value is -1.42. The van der Waals surface area contributed by atoms with Crippen LogP contribution in [-0.4, -0.2) is 40.5 Å². The third-order valence-corrected chi connectivity index (χ3v) is 4.28. The molecule has 1 unspecified atom stereocenters. The summed E-state index contributed by atoms with van der Waals surface area (Å²) in [6.45, 7) is 2.72. The molecule has 0 saturated carbocycles. The van der Waals surface area contributed by atoms with E-state index in [1.165, 1.54) is 24.3 Å². The first kappa shape index (κ1) is 15.6. The Kier molecular flexibility index (Phi) is 5.96. The lowest BCUT2D eigenvalue weighted by Crippen LogP contribution is -2.25. The molecule has 1 aromatic rings. The second kappa shape index (κ2) is 7.24. The van der Waals surface area contributed by atoms with Crippen molar-refractivity contribution in [1.29, 1.82) is 5.26 Å². The fourth-order valence-corrected chi connectivity index (χ4v) is 2.66. The van der Waals surface area contributed by atoms with Crippen molar-refractivity contribution in [1.82, 2.24) is 5.32 Å². The van der Waals surface area contributed by atoms with Crippen LogP contribution in [0.1, 0.15) is 12.5 Å². The molecule has 0 saturated heterocycles. The molecule has 1 rings (SSSR count). The summed E-state index contributed by atoms with van der Waals surface area (Å²) in [5.41, 5.74) is 0.442. The van der Waals surface area contributed by atoms with Crippen LogP contribution in [0.3, 0.4) is 0 Å². The maximum atomic E-state index is 12.0. The Labute approximate surface area is 114 Å². The number of nitriles is 1. The summed E-state index contributed by atoms with van der Waals surface area (Å²) in [6, 6.07) is 7.84. The molecule has 0 spiro atoms. The van der Waals surface area contributed by atoms with Gasteiger partial charge >= 0.3 is 0 Å². The highest BCUT2D eigenvalue weighted by Gasteiger charge is 2.14. The Bertz CT molecular complexity index is 532. The Morgan fingerprint density at radius 1 is 1.37 bits per heavy atom. The van der Waals surface area contributed by atoms with Crippen LogP contribution in [-0.2, 0) is 14.6 Å². The van der Waals surface area contributed by atoms with E-state index in [1.807, 2.05) is 20.0 Å². The predicted molar refractivity (Wildman–Crippen MR) is 72.6 cm³/mol. The van der Waals surface area contributed by atoms with Gasteiger partial charge in [0.1, 0.15) is 0 Å². The van der Waals surface area contributed by atoms with E-state index in [2.05, 4.69) is 5.32 Å². The lowest BCUT2D eigenvalue weighted by Gasteiger charge is -2.12. The monoisotopic (exact) mass is 282 g/mol. The van der Waals surface area contributed by atoms with Gasteiger partial charge in [0, 0.05) is 6.54 Å². The summed E-state index contributed by atoms with van der Waals surface area (Å²) in [7, 11) is -1.54. The SMILES string of the molecule is CNCC(C)OCCS(=O)(=O)c1ccc(C#N)cc1. The molecule has 0 aliphatic rings. The van der Waals surface area contributed by atoms with Gasteiger partial charge in [-0.2, -0.15) is 5.26 Å². The highest BCUT2D eigenvalue weighted by atomic mass is 32.2. The van der Waals surface area contributed by atoms with Gasteiger partial charge in [0.25, 0.3) is 0 Å². The van der Waals surface area contributed by atoms with Gasteiger partial charge in [-0.05, 0) is 38.2 Å². The van der Waals surface area contributed by atoms with Crippen LogP contribution in [0.25, 0.3) is 0 Å². The minimum Gasteiger partial charge on any atom is -0.376 e. The van der Waals surface area contributed by atoms with Gasteiger partial charge in [-0.3, -0.25) is 0 Å². The molecule has 0 aliphatic carbocycles. The van der Waals surface area contributed by atoms with E-state index in [1.54, 1.807) is 0 Å². The number of likely N-dealkylation sites (N-methyl/N-ethyl adjacent to an activating group) is 1. The average molecular weight is 282 g/mol. The summed E-state index contributed by atoms with van der Waals surface area (Å²) >= 11 is 0. The van der Waals surface area contributed by atoms with Crippen LogP contribution < -0.4 is 5.32 Å².